The van der Waals surface area contributed by atoms with Gasteiger partial charge in [0.25, 0.3) is 10.0 Å². The first-order chi connectivity index (χ1) is 18.9. The summed E-state index contributed by atoms with van der Waals surface area (Å²) >= 11 is 0. The van der Waals surface area contributed by atoms with Gasteiger partial charge in [0.15, 0.2) is 0 Å². The van der Waals surface area contributed by atoms with Crippen LogP contribution in [0.5, 0.6) is 0 Å². The number of ether oxygens (including phenoxy) is 1. The van der Waals surface area contributed by atoms with E-state index in [4.69, 9.17) is 4.74 Å². The van der Waals surface area contributed by atoms with Gasteiger partial charge in [-0.05, 0) is 48.4 Å². The number of aromatic nitrogens is 2. The van der Waals surface area contributed by atoms with Gasteiger partial charge in [-0.2, -0.15) is 0 Å². The highest BCUT2D eigenvalue weighted by molar-refractivity contribution is 7.92. The van der Waals surface area contributed by atoms with Gasteiger partial charge in [-0.1, -0.05) is 24.3 Å². The standard InChI is InChI=1S/C28H27F2N5O3S/c29-22-5-10-27(25(30)17-22)39(36,37)34-24-8-6-23(7-9-24)33-28-18-26(31-19-32-28)21-3-1-20(2-4-21)11-12-35-13-15-38-16-14-35/h1-10,17-19,34H,11-16H2,(H,31,32,33). The Balaban J connectivity index is 1.21. The fraction of sp³-hybridized carbons (Fsp3) is 0.214. The van der Waals surface area contributed by atoms with E-state index in [1.165, 1.54) is 24.0 Å². The van der Waals surface area contributed by atoms with Crippen LogP contribution in [0.4, 0.5) is 26.0 Å². The summed E-state index contributed by atoms with van der Waals surface area (Å²) in [7, 11) is -4.22. The van der Waals surface area contributed by atoms with E-state index in [2.05, 4.69) is 37.0 Å². The van der Waals surface area contributed by atoms with Gasteiger partial charge in [0.1, 0.15) is 28.7 Å². The van der Waals surface area contributed by atoms with Crippen molar-refractivity contribution in [2.45, 2.75) is 11.3 Å². The highest BCUT2D eigenvalue weighted by Crippen LogP contribution is 2.24. The van der Waals surface area contributed by atoms with Crippen LogP contribution in [0.3, 0.4) is 0 Å². The predicted molar refractivity (Wildman–Crippen MR) is 145 cm³/mol. The van der Waals surface area contributed by atoms with Crippen molar-refractivity contribution in [3.8, 4) is 11.3 Å². The Morgan fingerprint density at radius 3 is 2.31 bits per heavy atom. The first-order valence-electron chi connectivity index (χ1n) is 12.4. The van der Waals surface area contributed by atoms with Gasteiger partial charge in [-0.15, -0.1) is 0 Å². The molecule has 1 saturated heterocycles. The van der Waals surface area contributed by atoms with Gasteiger partial charge >= 0.3 is 0 Å². The molecule has 2 N–H and O–H groups in total. The zero-order valence-electron chi connectivity index (χ0n) is 21.0. The molecule has 0 radical (unpaired) electrons. The van der Waals surface area contributed by atoms with Crippen molar-refractivity contribution in [2.75, 3.05) is 42.9 Å². The maximum Gasteiger partial charge on any atom is 0.264 e. The Morgan fingerprint density at radius 1 is 0.872 bits per heavy atom. The number of rotatable bonds is 9. The minimum Gasteiger partial charge on any atom is -0.379 e. The van der Waals surface area contributed by atoms with Crippen molar-refractivity contribution in [1.29, 1.82) is 0 Å². The number of nitrogens with zero attached hydrogens (tertiary/aromatic N) is 3. The van der Waals surface area contributed by atoms with Crippen molar-refractivity contribution in [2.24, 2.45) is 0 Å². The van der Waals surface area contributed by atoms with E-state index < -0.39 is 26.6 Å². The molecule has 0 unspecified atom stereocenters. The van der Waals surface area contributed by atoms with Crippen LogP contribution in [0.2, 0.25) is 0 Å². The van der Waals surface area contributed by atoms with Crippen LogP contribution >= 0.6 is 0 Å². The second-order valence-corrected chi connectivity index (χ2v) is 10.7. The summed E-state index contributed by atoms with van der Waals surface area (Å²) in [6, 6.07) is 18.8. The SMILES string of the molecule is O=S(=O)(Nc1ccc(Nc2cc(-c3ccc(CCN4CCOCC4)cc3)ncn2)cc1)c1ccc(F)cc1F. The summed E-state index contributed by atoms with van der Waals surface area (Å²) in [6.07, 6.45) is 2.45. The van der Waals surface area contributed by atoms with Crippen LogP contribution in [0, 0.1) is 11.6 Å². The highest BCUT2D eigenvalue weighted by Gasteiger charge is 2.19. The number of morpholine rings is 1. The van der Waals surface area contributed by atoms with Crippen molar-refractivity contribution in [1.82, 2.24) is 14.9 Å². The highest BCUT2D eigenvalue weighted by atomic mass is 32.2. The van der Waals surface area contributed by atoms with Crippen molar-refractivity contribution in [3.05, 3.63) is 96.3 Å². The van der Waals surface area contributed by atoms with E-state index >= 15 is 0 Å². The molecule has 0 amide bonds. The molecule has 3 aromatic carbocycles. The summed E-state index contributed by atoms with van der Waals surface area (Å²) in [5.74, 6) is -1.45. The molecule has 4 aromatic rings. The third-order valence-electron chi connectivity index (χ3n) is 6.33. The van der Waals surface area contributed by atoms with Gasteiger partial charge in [0, 0.05) is 48.7 Å². The number of nitrogens with one attached hydrogen (secondary N) is 2. The molecule has 0 atom stereocenters. The van der Waals surface area contributed by atoms with Gasteiger partial charge in [-0.25, -0.2) is 27.2 Å². The van der Waals surface area contributed by atoms with Gasteiger partial charge in [0.2, 0.25) is 0 Å². The van der Waals surface area contributed by atoms with Crippen LogP contribution in [0.1, 0.15) is 5.56 Å². The summed E-state index contributed by atoms with van der Waals surface area (Å²) in [5.41, 5.74) is 3.87. The molecule has 0 aliphatic carbocycles. The molecule has 0 spiro atoms. The molecule has 202 valence electrons. The van der Waals surface area contributed by atoms with E-state index in [1.807, 2.05) is 18.2 Å². The first kappa shape index (κ1) is 26.7. The summed E-state index contributed by atoms with van der Waals surface area (Å²) in [4.78, 5) is 10.4. The van der Waals surface area contributed by atoms with E-state index in [0.29, 0.717) is 17.6 Å². The van der Waals surface area contributed by atoms with E-state index in [1.54, 1.807) is 12.1 Å². The average molecular weight is 552 g/mol. The van der Waals surface area contributed by atoms with Gasteiger partial charge in [-0.3, -0.25) is 9.62 Å². The van der Waals surface area contributed by atoms with Crippen molar-refractivity contribution >= 4 is 27.2 Å². The normalized spacial score (nSPS) is 14.2. The molecule has 1 fully saturated rings. The lowest BCUT2D eigenvalue weighted by molar-refractivity contribution is 0.0384. The lowest BCUT2D eigenvalue weighted by Gasteiger charge is -2.26. The number of halogens is 2. The second-order valence-electron chi connectivity index (χ2n) is 9.07. The maximum atomic E-state index is 13.9. The largest absolute Gasteiger partial charge is 0.379 e. The Labute approximate surface area is 225 Å². The minimum absolute atomic E-state index is 0.223. The molecule has 1 aliphatic heterocycles. The molecule has 2 heterocycles. The van der Waals surface area contributed by atoms with Crippen LogP contribution in [-0.2, 0) is 21.2 Å². The number of hydrogen-bond acceptors (Lipinski definition) is 7. The van der Waals surface area contributed by atoms with Gasteiger partial charge in [0.05, 0.1) is 18.9 Å². The molecule has 5 rings (SSSR count). The Kier molecular flexibility index (Phi) is 8.10. The lowest BCUT2D eigenvalue weighted by Crippen LogP contribution is -2.37. The Hall–Kier alpha value is -3.93. The maximum absolute atomic E-state index is 13.9. The van der Waals surface area contributed by atoms with Crippen molar-refractivity contribution < 1.29 is 21.9 Å². The van der Waals surface area contributed by atoms with Crippen molar-refractivity contribution in [3.63, 3.8) is 0 Å². The fourth-order valence-corrected chi connectivity index (χ4v) is 5.33. The molecule has 1 aromatic heterocycles. The third-order valence-corrected chi connectivity index (χ3v) is 7.74. The summed E-state index contributed by atoms with van der Waals surface area (Å²) in [6.45, 7) is 4.55. The quantitative estimate of drug-likeness (QED) is 0.307. The lowest BCUT2D eigenvalue weighted by atomic mass is 10.1. The minimum atomic E-state index is -4.22. The molecular formula is C28H27F2N5O3S. The topological polar surface area (TPSA) is 96.5 Å². The zero-order valence-corrected chi connectivity index (χ0v) is 21.8. The molecule has 11 heteroatoms. The fourth-order valence-electron chi connectivity index (χ4n) is 4.21. The average Bonchev–Trinajstić information content (AvgIpc) is 2.94. The monoisotopic (exact) mass is 551 g/mol. The van der Waals surface area contributed by atoms with Crippen LogP contribution < -0.4 is 10.0 Å². The predicted octanol–water partition coefficient (Wildman–Crippen LogP) is 4.84. The smallest absolute Gasteiger partial charge is 0.264 e. The first-order valence-corrected chi connectivity index (χ1v) is 13.9. The molecule has 0 bridgehead atoms. The molecular weight excluding hydrogens is 524 g/mol. The van der Waals surface area contributed by atoms with Gasteiger partial charge < -0.3 is 10.1 Å². The van der Waals surface area contributed by atoms with Crippen LogP contribution in [-0.4, -0.2) is 56.1 Å². The summed E-state index contributed by atoms with van der Waals surface area (Å²) < 4.78 is 59.8. The second kappa shape index (κ2) is 11.9. The number of benzene rings is 3. The molecule has 1 aliphatic rings. The molecule has 39 heavy (non-hydrogen) atoms. The molecule has 8 nitrogen and oxygen atoms in total. The summed E-state index contributed by atoms with van der Waals surface area (Å²) in [5, 5.41) is 3.17. The van der Waals surface area contributed by atoms with Crippen LogP contribution in [0.25, 0.3) is 11.3 Å². The number of sulfonamides is 1. The zero-order chi connectivity index (χ0) is 27.2. The number of anilines is 3. The molecule has 0 saturated carbocycles. The van der Waals surface area contributed by atoms with E-state index in [9.17, 15) is 17.2 Å². The van der Waals surface area contributed by atoms with Crippen LogP contribution in [0.15, 0.2) is 84.0 Å². The Morgan fingerprint density at radius 2 is 1.59 bits per heavy atom. The van der Waals surface area contributed by atoms with E-state index in [0.717, 1.165) is 62.7 Å². The number of hydrogen-bond donors (Lipinski definition) is 2. The Bertz CT molecular complexity index is 1530. The van der Waals surface area contributed by atoms with E-state index in [-0.39, 0.29) is 5.69 Å². The third kappa shape index (κ3) is 6.94.